The van der Waals surface area contributed by atoms with Gasteiger partial charge in [0, 0.05) is 19.1 Å². The lowest BCUT2D eigenvalue weighted by atomic mass is 9.69. The predicted octanol–water partition coefficient (Wildman–Crippen LogP) is 1.78. The summed E-state index contributed by atoms with van der Waals surface area (Å²) >= 11 is 0. The first-order valence-electron chi connectivity index (χ1n) is 8.55. The number of ether oxygens (including phenoxy) is 4. The zero-order chi connectivity index (χ0) is 16.4. The molecular formula is C18H21NO5. The van der Waals surface area contributed by atoms with Gasteiger partial charge in [-0.2, -0.15) is 0 Å². The van der Waals surface area contributed by atoms with Gasteiger partial charge in [-0.25, -0.2) is 4.79 Å². The fourth-order valence-corrected chi connectivity index (χ4v) is 5.07. The Morgan fingerprint density at radius 2 is 2.04 bits per heavy atom. The summed E-state index contributed by atoms with van der Waals surface area (Å²) < 4.78 is 22.5. The first kappa shape index (κ1) is 14.5. The molecule has 1 saturated carbocycles. The Bertz CT molecular complexity index is 705. The molecule has 2 fully saturated rings. The van der Waals surface area contributed by atoms with Gasteiger partial charge in [-0.05, 0) is 50.0 Å². The quantitative estimate of drug-likeness (QED) is 0.731. The summed E-state index contributed by atoms with van der Waals surface area (Å²) in [5, 5.41) is 0. The van der Waals surface area contributed by atoms with E-state index in [0.717, 1.165) is 30.7 Å². The van der Waals surface area contributed by atoms with Crippen LogP contribution in [0.2, 0.25) is 0 Å². The van der Waals surface area contributed by atoms with Crippen molar-refractivity contribution in [3.05, 3.63) is 23.3 Å². The molecule has 6 nitrogen and oxygen atoms in total. The molecule has 5 atom stereocenters. The highest BCUT2D eigenvalue weighted by Crippen LogP contribution is 2.51. The first-order chi connectivity index (χ1) is 11.7. The van der Waals surface area contributed by atoms with Gasteiger partial charge in [0.1, 0.15) is 6.10 Å². The zero-order valence-corrected chi connectivity index (χ0v) is 13.9. The molecular weight excluding hydrogens is 310 g/mol. The summed E-state index contributed by atoms with van der Waals surface area (Å²) in [4.78, 5) is 15.0. The molecule has 5 rings (SSSR count). The minimum atomic E-state index is -0.286. The normalized spacial score (nSPS) is 36.8. The van der Waals surface area contributed by atoms with Crippen LogP contribution in [0.5, 0.6) is 11.5 Å². The van der Waals surface area contributed by atoms with Crippen LogP contribution in [0.15, 0.2) is 12.1 Å². The van der Waals surface area contributed by atoms with Crippen molar-refractivity contribution in [2.24, 2.45) is 5.92 Å². The molecule has 1 saturated heterocycles. The third-order valence-electron chi connectivity index (χ3n) is 6.14. The standard InChI is InChI=1S/C18H21NO5/c1-19-4-3-9-5-14(21-2)17-15(16(9)19)10-6-12-13(23-8-22-12)7-11(10)18(20)24-17/h6-7,9,14-17H,3-5,8H2,1-2H3/t9-,14+,15+,16-,17+/m1/s1. The Hall–Kier alpha value is -1.79. The van der Waals surface area contributed by atoms with Gasteiger partial charge in [0.05, 0.1) is 11.7 Å². The molecule has 0 aromatic heterocycles. The fourth-order valence-electron chi connectivity index (χ4n) is 5.07. The largest absolute Gasteiger partial charge is 0.455 e. The summed E-state index contributed by atoms with van der Waals surface area (Å²) in [5.74, 6) is 1.74. The van der Waals surface area contributed by atoms with Crippen molar-refractivity contribution in [2.75, 3.05) is 27.5 Å². The van der Waals surface area contributed by atoms with Crippen molar-refractivity contribution in [1.82, 2.24) is 4.90 Å². The highest BCUT2D eigenvalue weighted by Gasteiger charge is 2.54. The SMILES string of the molecule is CO[C@H]1C[C@H]2CCN(C)[C@H]2[C@@H]2c3cc4c(cc3C(=O)O[C@H]21)OCO4. The van der Waals surface area contributed by atoms with Crippen molar-refractivity contribution in [3.63, 3.8) is 0 Å². The zero-order valence-electron chi connectivity index (χ0n) is 13.9. The number of hydrogen-bond acceptors (Lipinski definition) is 6. The molecule has 24 heavy (non-hydrogen) atoms. The van der Waals surface area contributed by atoms with E-state index in [1.165, 1.54) is 0 Å². The summed E-state index contributed by atoms with van der Waals surface area (Å²) in [6.45, 7) is 1.27. The second-order valence-corrected chi connectivity index (χ2v) is 7.22. The van der Waals surface area contributed by atoms with Crippen LogP contribution in [-0.2, 0) is 9.47 Å². The number of nitrogens with zero attached hydrogens (tertiary/aromatic N) is 1. The molecule has 0 bridgehead atoms. The number of methoxy groups -OCH3 is 1. The summed E-state index contributed by atoms with van der Waals surface area (Å²) in [7, 11) is 3.88. The van der Waals surface area contributed by atoms with Crippen LogP contribution in [-0.4, -0.2) is 56.6 Å². The number of benzene rings is 1. The van der Waals surface area contributed by atoms with Gasteiger partial charge in [-0.3, -0.25) is 0 Å². The maximum absolute atomic E-state index is 12.6. The molecule has 0 unspecified atom stereocenters. The van der Waals surface area contributed by atoms with Crippen LogP contribution in [0.25, 0.3) is 0 Å². The maximum Gasteiger partial charge on any atom is 0.338 e. The van der Waals surface area contributed by atoms with Gasteiger partial charge in [0.25, 0.3) is 0 Å². The van der Waals surface area contributed by atoms with Crippen LogP contribution >= 0.6 is 0 Å². The van der Waals surface area contributed by atoms with E-state index in [0.29, 0.717) is 23.3 Å². The molecule has 128 valence electrons. The van der Waals surface area contributed by atoms with Crippen LogP contribution < -0.4 is 9.47 Å². The lowest BCUT2D eigenvalue weighted by Crippen LogP contribution is -2.55. The van der Waals surface area contributed by atoms with Crippen molar-refractivity contribution in [3.8, 4) is 11.5 Å². The Balaban J connectivity index is 1.66. The third-order valence-corrected chi connectivity index (χ3v) is 6.14. The van der Waals surface area contributed by atoms with E-state index >= 15 is 0 Å². The van der Waals surface area contributed by atoms with E-state index in [4.69, 9.17) is 18.9 Å². The van der Waals surface area contributed by atoms with Gasteiger partial charge in [0.15, 0.2) is 11.5 Å². The van der Waals surface area contributed by atoms with Crippen LogP contribution in [0, 0.1) is 5.92 Å². The van der Waals surface area contributed by atoms with Gasteiger partial charge in [-0.15, -0.1) is 0 Å². The lowest BCUT2D eigenvalue weighted by Gasteiger charge is -2.48. The first-order valence-corrected chi connectivity index (χ1v) is 8.55. The Morgan fingerprint density at radius 3 is 2.83 bits per heavy atom. The average molecular weight is 331 g/mol. The van der Waals surface area contributed by atoms with E-state index in [1.54, 1.807) is 13.2 Å². The molecule has 6 heteroatoms. The number of fused-ring (bicyclic) bond motifs is 6. The number of rotatable bonds is 1. The van der Waals surface area contributed by atoms with E-state index in [-0.39, 0.29) is 30.9 Å². The smallest absolute Gasteiger partial charge is 0.338 e. The van der Waals surface area contributed by atoms with E-state index in [9.17, 15) is 4.79 Å². The Kier molecular flexibility index (Phi) is 3.09. The van der Waals surface area contributed by atoms with Crippen LogP contribution in [0.1, 0.15) is 34.7 Å². The number of carbonyl (C=O) groups is 1. The summed E-state index contributed by atoms with van der Waals surface area (Å²) in [6.07, 6.45) is 1.82. The van der Waals surface area contributed by atoms with E-state index in [1.807, 2.05) is 6.07 Å². The summed E-state index contributed by atoms with van der Waals surface area (Å²) in [6, 6.07) is 4.13. The highest BCUT2D eigenvalue weighted by atomic mass is 16.7. The Labute approximate surface area is 140 Å². The second kappa shape index (κ2) is 5.10. The molecule has 1 aromatic rings. The van der Waals surface area contributed by atoms with Gasteiger partial charge < -0.3 is 23.8 Å². The molecule has 0 amide bonds. The lowest BCUT2D eigenvalue weighted by molar-refractivity contribution is -0.0926. The molecule has 1 aliphatic carbocycles. The predicted molar refractivity (Wildman–Crippen MR) is 84.4 cm³/mol. The number of carbonyl (C=O) groups excluding carboxylic acids is 1. The monoisotopic (exact) mass is 331 g/mol. The van der Waals surface area contributed by atoms with Crippen molar-refractivity contribution < 1.29 is 23.7 Å². The van der Waals surface area contributed by atoms with Crippen LogP contribution in [0.3, 0.4) is 0 Å². The molecule has 0 radical (unpaired) electrons. The van der Waals surface area contributed by atoms with Gasteiger partial charge >= 0.3 is 5.97 Å². The number of likely N-dealkylation sites (tertiary alicyclic amines) is 1. The number of esters is 1. The minimum Gasteiger partial charge on any atom is -0.455 e. The minimum absolute atomic E-state index is 0.0507. The molecule has 3 heterocycles. The van der Waals surface area contributed by atoms with Gasteiger partial charge in [0.2, 0.25) is 6.79 Å². The van der Waals surface area contributed by atoms with Crippen LogP contribution in [0.4, 0.5) is 0 Å². The van der Waals surface area contributed by atoms with E-state index in [2.05, 4.69) is 11.9 Å². The molecule has 1 aromatic carbocycles. The van der Waals surface area contributed by atoms with Gasteiger partial charge in [-0.1, -0.05) is 0 Å². The molecule has 0 N–H and O–H groups in total. The van der Waals surface area contributed by atoms with Crippen molar-refractivity contribution in [1.29, 1.82) is 0 Å². The molecule has 0 spiro atoms. The average Bonchev–Trinajstić information content (AvgIpc) is 3.19. The number of hydrogen-bond donors (Lipinski definition) is 0. The maximum atomic E-state index is 12.6. The number of likely N-dealkylation sites (N-methyl/N-ethyl adjacent to an activating group) is 1. The third kappa shape index (κ3) is 1.87. The second-order valence-electron chi connectivity index (χ2n) is 7.22. The van der Waals surface area contributed by atoms with E-state index < -0.39 is 0 Å². The topological polar surface area (TPSA) is 57.2 Å². The Morgan fingerprint density at radius 1 is 1.25 bits per heavy atom. The fraction of sp³-hybridized carbons (Fsp3) is 0.611. The van der Waals surface area contributed by atoms with Crippen molar-refractivity contribution >= 4 is 5.97 Å². The highest BCUT2D eigenvalue weighted by molar-refractivity contribution is 5.94. The van der Waals surface area contributed by atoms with Crippen molar-refractivity contribution in [2.45, 2.75) is 37.0 Å². The molecule has 4 aliphatic rings. The molecule has 3 aliphatic heterocycles. The summed E-state index contributed by atoms with van der Waals surface area (Å²) in [5.41, 5.74) is 1.63.